The first kappa shape index (κ1) is 5.65. The molecule has 2 rings (SSSR count). The Morgan fingerprint density at radius 3 is 1.67 bits per heavy atom. The number of rotatable bonds is 0. The van der Waals surface area contributed by atoms with E-state index >= 15 is 0 Å². The van der Waals surface area contributed by atoms with E-state index in [0.717, 1.165) is 26.4 Å². The molecular weight excluding hydrogens is 118 g/mol. The third-order valence-corrected chi connectivity index (χ3v) is 1.75. The average molecular weight is 129 g/mol. The maximum Gasteiger partial charge on any atom is 0.0643 e. The standard InChI is InChI=1S/C6H11NO2/c1-5-2-9-4-6(7-5)3-8-1/h5-7H,1-4H2/t5-,6+. The zero-order chi connectivity index (χ0) is 6.10. The summed E-state index contributed by atoms with van der Waals surface area (Å²) in [6.07, 6.45) is 0. The van der Waals surface area contributed by atoms with Gasteiger partial charge in [-0.05, 0) is 0 Å². The van der Waals surface area contributed by atoms with Gasteiger partial charge in [-0.25, -0.2) is 0 Å². The smallest absolute Gasteiger partial charge is 0.0643 e. The highest BCUT2D eigenvalue weighted by atomic mass is 16.5. The Labute approximate surface area is 54.3 Å². The summed E-state index contributed by atoms with van der Waals surface area (Å²) < 4.78 is 10.6. The average Bonchev–Trinajstić information content (AvgIpc) is 1.88. The van der Waals surface area contributed by atoms with Crippen molar-refractivity contribution >= 4 is 0 Å². The second kappa shape index (κ2) is 2.25. The summed E-state index contributed by atoms with van der Waals surface area (Å²) in [5.74, 6) is 0. The van der Waals surface area contributed by atoms with E-state index in [-0.39, 0.29) is 0 Å². The van der Waals surface area contributed by atoms with Gasteiger partial charge in [0.05, 0.1) is 38.5 Å². The van der Waals surface area contributed by atoms with Gasteiger partial charge in [-0.15, -0.1) is 0 Å². The molecule has 0 aromatic rings. The minimum Gasteiger partial charge on any atom is -0.378 e. The Morgan fingerprint density at radius 1 is 0.889 bits per heavy atom. The molecule has 52 valence electrons. The summed E-state index contributed by atoms with van der Waals surface area (Å²) in [6, 6.07) is 0.912. The molecule has 0 aromatic heterocycles. The molecule has 0 aromatic carbocycles. The molecule has 9 heavy (non-hydrogen) atoms. The van der Waals surface area contributed by atoms with Crippen LogP contribution in [0.1, 0.15) is 0 Å². The molecule has 2 aliphatic rings. The predicted molar refractivity (Wildman–Crippen MR) is 32.3 cm³/mol. The maximum absolute atomic E-state index is 5.29. The largest absolute Gasteiger partial charge is 0.378 e. The Kier molecular flexibility index (Phi) is 1.41. The summed E-state index contributed by atoms with van der Waals surface area (Å²) in [5, 5.41) is 3.40. The molecule has 0 saturated carbocycles. The predicted octanol–water partition coefficient (Wildman–Crippen LogP) is -0.626. The zero-order valence-corrected chi connectivity index (χ0v) is 5.30. The molecule has 1 N–H and O–H groups in total. The van der Waals surface area contributed by atoms with Crippen LogP contribution in [0.15, 0.2) is 0 Å². The first-order chi connectivity index (χ1) is 4.45. The third-order valence-electron chi connectivity index (χ3n) is 1.75. The molecule has 2 heterocycles. The molecule has 2 aliphatic heterocycles. The van der Waals surface area contributed by atoms with Gasteiger partial charge in [0.25, 0.3) is 0 Å². The van der Waals surface area contributed by atoms with Crippen LogP contribution >= 0.6 is 0 Å². The van der Waals surface area contributed by atoms with Crippen molar-refractivity contribution < 1.29 is 9.47 Å². The number of nitrogens with one attached hydrogen (secondary N) is 1. The fourth-order valence-corrected chi connectivity index (χ4v) is 1.33. The molecule has 2 bridgehead atoms. The van der Waals surface area contributed by atoms with E-state index in [1.165, 1.54) is 0 Å². The molecule has 2 fully saturated rings. The van der Waals surface area contributed by atoms with Gasteiger partial charge in [0, 0.05) is 0 Å². The Hall–Kier alpha value is -0.120. The Balaban J connectivity index is 1.96. The van der Waals surface area contributed by atoms with E-state index in [4.69, 9.17) is 9.47 Å². The monoisotopic (exact) mass is 129 g/mol. The highest BCUT2D eigenvalue weighted by molar-refractivity contribution is 4.81. The lowest BCUT2D eigenvalue weighted by Crippen LogP contribution is -2.56. The van der Waals surface area contributed by atoms with E-state index in [2.05, 4.69) is 5.32 Å². The van der Waals surface area contributed by atoms with Crippen molar-refractivity contribution in [3.05, 3.63) is 0 Å². The second-order valence-electron chi connectivity index (χ2n) is 2.64. The van der Waals surface area contributed by atoms with Crippen LogP contribution in [0.3, 0.4) is 0 Å². The van der Waals surface area contributed by atoms with Gasteiger partial charge >= 0.3 is 0 Å². The molecule has 3 nitrogen and oxygen atoms in total. The van der Waals surface area contributed by atoms with Crippen LogP contribution in [-0.4, -0.2) is 38.5 Å². The lowest BCUT2D eigenvalue weighted by molar-refractivity contribution is -0.0556. The third kappa shape index (κ3) is 1.08. The van der Waals surface area contributed by atoms with E-state index in [1.807, 2.05) is 0 Å². The number of morpholine rings is 2. The van der Waals surface area contributed by atoms with Crippen LogP contribution in [0, 0.1) is 0 Å². The van der Waals surface area contributed by atoms with Crippen LogP contribution in [0.5, 0.6) is 0 Å². The first-order valence-electron chi connectivity index (χ1n) is 3.37. The topological polar surface area (TPSA) is 30.5 Å². The van der Waals surface area contributed by atoms with Crippen molar-refractivity contribution in [2.24, 2.45) is 0 Å². The molecule has 0 atom stereocenters. The number of hydrogen-bond donors (Lipinski definition) is 1. The molecule has 0 spiro atoms. The van der Waals surface area contributed by atoms with Gasteiger partial charge in [0.15, 0.2) is 0 Å². The quantitative estimate of drug-likeness (QED) is 0.472. The second-order valence-corrected chi connectivity index (χ2v) is 2.64. The van der Waals surface area contributed by atoms with Gasteiger partial charge in [0.1, 0.15) is 0 Å². The Bertz CT molecular complexity index is 87.2. The zero-order valence-electron chi connectivity index (χ0n) is 5.30. The number of ether oxygens (including phenoxy) is 2. The number of hydrogen-bond acceptors (Lipinski definition) is 3. The van der Waals surface area contributed by atoms with Crippen LogP contribution < -0.4 is 5.32 Å². The maximum atomic E-state index is 5.29. The summed E-state index contributed by atoms with van der Waals surface area (Å²) in [4.78, 5) is 0. The van der Waals surface area contributed by atoms with Gasteiger partial charge < -0.3 is 14.8 Å². The van der Waals surface area contributed by atoms with Gasteiger partial charge in [0.2, 0.25) is 0 Å². The van der Waals surface area contributed by atoms with Crippen molar-refractivity contribution in [3.63, 3.8) is 0 Å². The molecule has 0 unspecified atom stereocenters. The fourth-order valence-electron chi connectivity index (χ4n) is 1.33. The summed E-state index contributed by atoms with van der Waals surface area (Å²) >= 11 is 0. The van der Waals surface area contributed by atoms with Crippen LogP contribution in [0.25, 0.3) is 0 Å². The molecular formula is C6H11NO2. The highest BCUT2D eigenvalue weighted by Gasteiger charge is 2.25. The van der Waals surface area contributed by atoms with Crippen molar-refractivity contribution in [3.8, 4) is 0 Å². The van der Waals surface area contributed by atoms with Crippen LogP contribution in [0.2, 0.25) is 0 Å². The fraction of sp³-hybridized carbons (Fsp3) is 1.00. The molecule has 2 saturated heterocycles. The van der Waals surface area contributed by atoms with Crippen molar-refractivity contribution in [2.45, 2.75) is 12.1 Å². The lowest BCUT2D eigenvalue weighted by Gasteiger charge is -2.35. The van der Waals surface area contributed by atoms with Crippen molar-refractivity contribution in [2.75, 3.05) is 26.4 Å². The van der Waals surface area contributed by atoms with Crippen LogP contribution in [0.4, 0.5) is 0 Å². The van der Waals surface area contributed by atoms with Gasteiger partial charge in [-0.2, -0.15) is 0 Å². The van der Waals surface area contributed by atoms with E-state index < -0.39 is 0 Å². The molecule has 0 amide bonds. The summed E-state index contributed by atoms with van der Waals surface area (Å²) in [6.45, 7) is 3.26. The first-order valence-corrected chi connectivity index (χ1v) is 3.37. The number of fused-ring (bicyclic) bond motifs is 2. The van der Waals surface area contributed by atoms with Gasteiger partial charge in [-0.1, -0.05) is 0 Å². The Morgan fingerprint density at radius 2 is 1.33 bits per heavy atom. The highest BCUT2D eigenvalue weighted by Crippen LogP contribution is 2.05. The van der Waals surface area contributed by atoms with E-state index in [0.29, 0.717) is 12.1 Å². The van der Waals surface area contributed by atoms with Crippen molar-refractivity contribution in [1.82, 2.24) is 5.32 Å². The van der Waals surface area contributed by atoms with Crippen LogP contribution in [-0.2, 0) is 9.47 Å². The normalized spacial score (nSPS) is 42.7. The molecule has 0 aliphatic carbocycles. The van der Waals surface area contributed by atoms with E-state index in [1.54, 1.807) is 0 Å². The van der Waals surface area contributed by atoms with Crippen molar-refractivity contribution in [1.29, 1.82) is 0 Å². The SMILES string of the molecule is C1OC[C@H]2COC[C@@H]1N2. The molecule has 3 heteroatoms. The lowest BCUT2D eigenvalue weighted by atomic mass is 10.2. The minimum absolute atomic E-state index is 0.456. The van der Waals surface area contributed by atoms with Gasteiger partial charge in [-0.3, -0.25) is 0 Å². The van der Waals surface area contributed by atoms with E-state index in [9.17, 15) is 0 Å². The summed E-state index contributed by atoms with van der Waals surface area (Å²) in [5.41, 5.74) is 0. The summed E-state index contributed by atoms with van der Waals surface area (Å²) in [7, 11) is 0. The minimum atomic E-state index is 0.456. The molecule has 0 radical (unpaired) electrons.